The predicted octanol–water partition coefficient (Wildman–Crippen LogP) is -1.21. The van der Waals surface area contributed by atoms with Gasteiger partial charge in [0.05, 0.1) is 0 Å². The Kier molecular flexibility index (Phi) is 8.04. The van der Waals surface area contributed by atoms with Crippen LogP contribution in [0.2, 0.25) is 0 Å². The van der Waals surface area contributed by atoms with Crippen molar-refractivity contribution in [1.82, 2.24) is 0 Å². The van der Waals surface area contributed by atoms with Gasteiger partial charge in [0.1, 0.15) is 6.73 Å². The number of hydrogen-bond donors (Lipinski definition) is 3. The molecule has 0 aliphatic carbocycles. The largest absolute Gasteiger partial charge is 0.374 e. The first-order valence-corrected chi connectivity index (χ1v) is 1.43. The number of hydrogen-bond acceptors (Lipinski definition) is 2. The molecule has 0 unspecified atom stereocenters. The van der Waals surface area contributed by atoms with Crippen LogP contribution in [0.3, 0.4) is 0 Å². The van der Waals surface area contributed by atoms with E-state index in [9.17, 15) is 0 Å². The fraction of sp³-hybridized carbons (Fsp3) is 0.500. The van der Waals surface area contributed by atoms with Crippen molar-refractivity contribution in [2.24, 2.45) is 16.5 Å². The number of halogens is 1. The first-order valence-electron chi connectivity index (χ1n) is 1.43. The summed E-state index contributed by atoms with van der Waals surface area (Å²) in [6.07, 6.45) is 0. The van der Waals surface area contributed by atoms with Crippen molar-refractivity contribution in [2.45, 2.75) is 0 Å². The molecule has 0 aliphatic heterocycles. The Labute approximate surface area is 52.0 Å². The molecule has 0 aromatic carbocycles. The van der Waals surface area contributed by atoms with E-state index in [0.29, 0.717) is 0 Å². The maximum atomic E-state index is 7.89. The first-order chi connectivity index (χ1) is 2.77. The van der Waals surface area contributed by atoms with E-state index in [1.807, 2.05) is 0 Å². The van der Waals surface area contributed by atoms with Crippen LogP contribution in [-0.2, 0) is 0 Å². The summed E-state index contributed by atoms with van der Waals surface area (Å²) in [6.45, 7) is -0.331. The van der Waals surface area contributed by atoms with Crippen molar-refractivity contribution in [3.63, 3.8) is 0 Å². The third-order valence-corrected chi connectivity index (χ3v) is 0.253. The topological polar surface area (TPSA) is 84.6 Å². The molecule has 0 bridgehead atoms. The number of aliphatic imine (C=N–C) groups is 1. The Morgan fingerprint density at radius 3 is 2.00 bits per heavy atom. The van der Waals surface area contributed by atoms with E-state index >= 15 is 0 Å². The standard InChI is InChI=1S/C2H7N3O.BrH/c3-2(4)5-1-6;/h6H,1H2,(H4,3,4,5);1H. The van der Waals surface area contributed by atoms with E-state index in [0.717, 1.165) is 0 Å². The Hall–Kier alpha value is -0.290. The van der Waals surface area contributed by atoms with Crippen molar-refractivity contribution in [3.8, 4) is 0 Å². The maximum absolute atomic E-state index is 7.89. The highest BCUT2D eigenvalue weighted by Crippen LogP contribution is 1.53. The maximum Gasteiger partial charge on any atom is 0.188 e. The van der Waals surface area contributed by atoms with Crippen LogP contribution >= 0.6 is 17.0 Å². The lowest BCUT2D eigenvalue weighted by Crippen LogP contribution is -2.22. The molecule has 5 heteroatoms. The zero-order valence-corrected chi connectivity index (χ0v) is 5.38. The van der Waals surface area contributed by atoms with Gasteiger partial charge in [0.15, 0.2) is 5.96 Å². The van der Waals surface area contributed by atoms with Crippen LogP contribution in [0.5, 0.6) is 0 Å². The van der Waals surface area contributed by atoms with E-state index in [-0.39, 0.29) is 29.7 Å². The molecule has 0 aromatic heterocycles. The minimum absolute atomic E-state index is 0. The minimum atomic E-state index is -0.331. The van der Waals surface area contributed by atoms with E-state index in [2.05, 4.69) is 4.99 Å². The van der Waals surface area contributed by atoms with Gasteiger partial charge in [-0.15, -0.1) is 17.0 Å². The highest BCUT2D eigenvalue weighted by molar-refractivity contribution is 8.93. The van der Waals surface area contributed by atoms with Crippen LogP contribution in [0.15, 0.2) is 4.99 Å². The second-order valence-corrected chi connectivity index (χ2v) is 0.724. The molecule has 0 radical (unpaired) electrons. The van der Waals surface area contributed by atoms with Crippen LogP contribution in [-0.4, -0.2) is 17.8 Å². The fourth-order valence-corrected chi connectivity index (χ4v) is 0.0816. The number of rotatable bonds is 1. The van der Waals surface area contributed by atoms with Gasteiger partial charge in [0.2, 0.25) is 0 Å². The number of aliphatic hydroxyl groups excluding tert-OH is 1. The summed E-state index contributed by atoms with van der Waals surface area (Å²) in [4.78, 5) is 3.15. The monoisotopic (exact) mass is 169 g/mol. The number of guanidine groups is 1. The summed E-state index contributed by atoms with van der Waals surface area (Å²) in [5.41, 5.74) is 9.54. The van der Waals surface area contributed by atoms with Crippen molar-refractivity contribution >= 4 is 22.9 Å². The van der Waals surface area contributed by atoms with Crippen LogP contribution < -0.4 is 11.5 Å². The molecule has 0 saturated carbocycles. The summed E-state index contributed by atoms with van der Waals surface area (Å²) < 4.78 is 0. The van der Waals surface area contributed by atoms with E-state index in [1.165, 1.54) is 0 Å². The molecule has 0 fully saturated rings. The van der Waals surface area contributed by atoms with Gasteiger partial charge in [0.25, 0.3) is 0 Å². The van der Waals surface area contributed by atoms with Crippen molar-refractivity contribution in [1.29, 1.82) is 0 Å². The first kappa shape index (κ1) is 9.86. The smallest absolute Gasteiger partial charge is 0.188 e. The van der Waals surface area contributed by atoms with Crippen LogP contribution in [0.1, 0.15) is 0 Å². The molecule has 0 aromatic rings. The molecule has 44 valence electrons. The number of nitrogens with two attached hydrogens (primary N) is 2. The molecule has 0 atom stereocenters. The lowest BCUT2D eigenvalue weighted by molar-refractivity contribution is 0.309. The average molecular weight is 170 g/mol. The Morgan fingerprint density at radius 2 is 2.00 bits per heavy atom. The van der Waals surface area contributed by atoms with E-state index in [1.54, 1.807) is 0 Å². The van der Waals surface area contributed by atoms with Gasteiger partial charge in [-0.1, -0.05) is 0 Å². The van der Waals surface area contributed by atoms with Gasteiger partial charge < -0.3 is 16.6 Å². The highest BCUT2D eigenvalue weighted by Gasteiger charge is 1.68. The second-order valence-electron chi connectivity index (χ2n) is 0.724. The van der Waals surface area contributed by atoms with Crippen molar-refractivity contribution in [2.75, 3.05) is 6.73 Å². The van der Waals surface area contributed by atoms with Crippen LogP contribution in [0.4, 0.5) is 0 Å². The lowest BCUT2D eigenvalue weighted by Gasteiger charge is -1.82. The Balaban J connectivity index is 0. The summed E-state index contributed by atoms with van der Waals surface area (Å²) in [7, 11) is 0. The van der Waals surface area contributed by atoms with Gasteiger partial charge in [-0.25, -0.2) is 4.99 Å². The summed E-state index contributed by atoms with van der Waals surface area (Å²) in [5, 5.41) is 7.89. The molecule has 5 N–H and O–H groups in total. The van der Waals surface area contributed by atoms with Gasteiger partial charge in [-0.05, 0) is 0 Å². The van der Waals surface area contributed by atoms with E-state index < -0.39 is 0 Å². The zero-order valence-electron chi connectivity index (χ0n) is 3.66. The van der Waals surface area contributed by atoms with Gasteiger partial charge >= 0.3 is 0 Å². The van der Waals surface area contributed by atoms with E-state index in [4.69, 9.17) is 16.6 Å². The Morgan fingerprint density at radius 1 is 1.57 bits per heavy atom. The summed E-state index contributed by atoms with van der Waals surface area (Å²) in [6, 6.07) is 0. The molecule has 0 heterocycles. The van der Waals surface area contributed by atoms with Crippen molar-refractivity contribution < 1.29 is 5.11 Å². The quantitative estimate of drug-likeness (QED) is 0.341. The fourth-order valence-electron chi connectivity index (χ4n) is 0.0816. The lowest BCUT2D eigenvalue weighted by atomic mass is 11.0. The van der Waals surface area contributed by atoms with Gasteiger partial charge in [-0.3, -0.25) is 0 Å². The average Bonchev–Trinajstić information content (AvgIpc) is 1.35. The van der Waals surface area contributed by atoms with Crippen LogP contribution in [0.25, 0.3) is 0 Å². The predicted molar refractivity (Wildman–Crippen MR) is 33.2 cm³/mol. The normalized spacial score (nSPS) is 6.43. The van der Waals surface area contributed by atoms with Gasteiger partial charge in [-0.2, -0.15) is 0 Å². The molecule has 0 rings (SSSR count). The molecule has 0 aliphatic rings. The SMILES string of the molecule is Br.NC(N)=NCO. The molecule has 7 heavy (non-hydrogen) atoms. The third-order valence-electron chi connectivity index (χ3n) is 0.253. The summed E-state index contributed by atoms with van der Waals surface area (Å²) in [5.74, 6) is -0.0856. The van der Waals surface area contributed by atoms with Crippen LogP contribution in [0, 0.1) is 0 Å². The second kappa shape index (κ2) is 5.71. The zero-order chi connectivity index (χ0) is 4.99. The molecular weight excluding hydrogens is 162 g/mol. The molecular formula is C2H8BrN3O. The summed E-state index contributed by atoms with van der Waals surface area (Å²) >= 11 is 0. The minimum Gasteiger partial charge on any atom is -0.374 e. The third kappa shape index (κ3) is 10.7. The molecule has 4 nitrogen and oxygen atoms in total. The molecule has 0 spiro atoms. The highest BCUT2D eigenvalue weighted by atomic mass is 79.9. The van der Waals surface area contributed by atoms with Gasteiger partial charge in [0, 0.05) is 0 Å². The number of aliphatic hydroxyl groups is 1. The molecule has 0 amide bonds. The Bertz CT molecular complexity index is 60.0. The number of nitrogens with zero attached hydrogens (tertiary/aromatic N) is 1. The van der Waals surface area contributed by atoms with Crippen molar-refractivity contribution in [3.05, 3.63) is 0 Å². The molecule has 0 saturated heterocycles.